The van der Waals surface area contributed by atoms with Crippen LogP contribution in [0.4, 0.5) is 0 Å². The van der Waals surface area contributed by atoms with Crippen molar-refractivity contribution < 1.29 is 19.8 Å². The number of rotatable bonds is 3. The predicted octanol–water partition coefficient (Wildman–Crippen LogP) is 3.19. The van der Waals surface area contributed by atoms with Crippen LogP contribution in [0.1, 0.15) is 23.6 Å². The lowest BCUT2D eigenvalue weighted by atomic mass is 9.93. The van der Waals surface area contributed by atoms with Crippen LogP contribution < -0.4 is 0 Å². The van der Waals surface area contributed by atoms with Crippen molar-refractivity contribution in [3.8, 4) is 11.1 Å². The first-order valence-electron chi connectivity index (χ1n) is 8.56. The quantitative estimate of drug-likeness (QED) is 0.704. The van der Waals surface area contributed by atoms with E-state index in [1.54, 1.807) is 36.4 Å². The zero-order valence-electron chi connectivity index (χ0n) is 14.9. The van der Waals surface area contributed by atoms with Gasteiger partial charge in [0.05, 0.1) is 0 Å². The maximum absolute atomic E-state index is 11.2. The van der Waals surface area contributed by atoms with E-state index in [1.165, 1.54) is 6.92 Å². The number of aliphatic hydroxyl groups is 2. The second-order valence-electron chi connectivity index (χ2n) is 6.61. The van der Waals surface area contributed by atoms with E-state index in [0.717, 1.165) is 11.1 Å². The fraction of sp³-hybridized carbons (Fsp3) is 0.130. The van der Waals surface area contributed by atoms with Gasteiger partial charge < -0.3 is 10.2 Å². The van der Waals surface area contributed by atoms with Crippen molar-refractivity contribution in [2.75, 3.05) is 0 Å². The molecule has 1 unspecified atom stereocenters. The number of carbonyl (C=O) groups is 2. The fourth-order valence-electron chi connectivity index (χ4n) is 3.22. The van der Waals surface area contributed by atoms with E-state index in [1.807, 2.05) is 42.5 Å². The van der Waals surface area contributed by atoms with Crippen molar-refractivity contribution >= 4 is 12.6 Å². The lowest BCUT2D eigenvalue weighted by Gasteiger charge is -2.17. The Hall–Kier alpha value is -3.08. The van der Waals surface area contributed by atoms with Crippen LogP contribution in [0.15, 0.2) is 78.9 Å². The molecule has 2 N–H and O–H groups in total. The Balaban J connectivity index is 0.000000168. The molecule has 0 fully saturated rings. The van der Waals surface area contributed by atoms with Gasteiger partial charge in [-0.05, 0) is 23.6 Å². The molecule has 0 aromatic heterocycles. The summed E-state index contributed by atoms with van der Waals surface area (Å²) in [6.45, 7) is 1.47. The Morgan fingerprint density at radius 1 is 0.778 bits per heavy atom. The molecule has 136 valence electrons. The minimum absolute atomic E-state index is 0.530. The van der Waals surface area contributed by atoms with Crippen LogP contribution in [0.25, 0.3) is 11.1 Å². The molecule has 1 atom stereocenters. The van der Waals surface area contributed by atoms with Gasteiger partial charge in [0.1, 0.15) is 5.60 Å². The minimum atomic E-state index is -1.48. The van der Waals surface area contributed by atoms with Crippen molar-refractivity contribution in [2.24, 2.45) is 0 Å². The van der Waals surface area contributed by atoms with Crippen LogP contribution in [0, 0.1) is 0 Å². The standard InChI is InChI=1S/C14H10O2.C9H10O2/c15-9-14(16)12-7-3-1-5-10(12)11-6-2-4-8-13(11)14;1-9(11,7-10)8-5-3-2-4-6-8/h1-9,16H;2-7,11H,1H3. The lowest BCUT2D eigenvalue weighted by Crippen LogP contribution is -2.25. The van der Waals surface area contributed by atoms with Crippen LogP contribution >= 0.6 is 0 Å². The minimum Gasteiger partial charge on any atom is -0.378 e. The first kappa shape index (κ1) is 18.7. The van der Waals surface area contributed by atoms with E-state index in [2.05, 4.69) is 0 Å². The average molecular weight is 360 g/mol. The molecule has 0 amide bonds. The van der Waals surface area contributed by atoms with Gasteiger partial charge in [-0.1, -0.05) is 78.9 Å². The third-order valence-corrected chi connectivity index (χ3v) is 4.72. The van der Waals surface area contributed by atoms with Crippen molar-refractivity contribution in [1.82, 2.24) is 0 Å². The van der Waals surface area contributed by atoms with Crippen molar-refractivity contribution in [2.45, 2.75) is 18.1 Å². The fourth-order valence-corrected chi connectivity index (χ4v) is 3.22. The first-order valence-corrected chi connectivity index (χ1v) is 8.56. The monoisotopic (exact) mass is 360 g/mol. The summed E-state index contributed by atoms with van der Waals surface area (Å²) in [6.07, 6.45) is 1.14. The molecule has 0 aliphatic heterocycles. The van der Waals surface area contributed by atoms with Gasteiger partial charge in [-0.2, -0.15) is 0 Å². The number of benzene rings is 3. The molecule has 0 saturated heterocycles. The summed E-state index contributed by atoms with van der Waals surface area (Å²) in [4.78, 5) is 21.6. The topological polar surface area (TPSA) is 74.6 Å². The third-order valence-electron chi connectivity index (χ3n) is 4.72. The van der Waals surface area contributed by atoms with Gasteiger partial charge in [0.25, 0.3) is 0 Å². The Morgan fingerprint density at radius 2 is 1.22 bits per heavy atom. The van der Waals surface area contributed by atoms with Gasteiger partial charge in [0, 0.05) is 11.1 Å². The molecule has 4 nitrogen and oxygen atoms in total. The van der Waals surface area contributed by atoms with Gasteiger partial charge in [-0.25, -0.2) is 0 Å². The number of hydrogen-bond donors (Lipinski definition) is 2. The highest BCUT2D eigenvalue weighted by Crippen LogP contribution is 2.45. The van der Waals surface area contributed by atoms with E-state index in [0.29, 0.717) is 29.3 Å². The summed E-state index contributed by atoms with van der Waals surface area (Å²) in [5.74, 6) is 0. The highest BCUT2D eigenvalue weighted by molar-refractivity contribution is 5.89. The highest BCUT2D eigenvalue weighted by Gasteiger charge is 2.40. The zero-order valence-corrected chi connectivity index (χ0v) is 14.9. The Morgan fingerprint density at radius 3 is 1.67 bits per heavy atom. The smallest absolute Gasteiger partial charge is 0.171 e. The molecular weight excluding hydrogens is 340 g/mol. The van der Waals surface area contributed by atoms with E-state index in [4.69, 9.17) is 0 Å². The first-order chi connectivity index (χ1) is 12.9. The maximum Gasteiger partial charge on any atom is 0.171 e. The van der Waals surface area contributed by atoms with E-state index < -0.39 is 11.2 Å². The van der Waals surface area contributed by atoms with E-state index in [9.17, 15) is 19.8 Å². The Kier molecular flexibility index (Phi) is 5.04. The Bertz CT molecular complexity index is 915. The summed E-state index contributed by atoms with van der Waals surface area (Å²) in [6, 6.07) is 23.8. The number of carbonyl (C=O) groups excluding carboxylic acids is 2. The van der Waals surface area contributed by atoms with E-state index in [-0.39, 0.29) is 0 Å². The molecule has 0 radical (unpaired) electrons. The molecule has 3 aromatic carbocycles. The molecule has 27 heavy (non-hydrogen) atoms. The van der Waals surface area contributed by atoms with Gasteiger partial charge in [-0.3, -0.25) is 9.59 Å². The summed E-state index contributed by atoms with van der Waals surface area (Å²) in [5, 5.41) is 19.9. The normalized spacial score (nSPS) is 15.4. The highest BCUT2D eigenvalue weighted by atomic mass is 16.3. The predicted molar refractivity (Wildman–Crippen MR) is 103 cm³/mol. The van der Waals surface area contributed by atoms with Gasteiger partial charge in [0.15, 0.2) is 18.2 Å². The van der Waals surface area contributed by atoms with Crippen molar-refractivity contribution in [3.63, 3.8) is 0 Å². The third kappa shape index (κ3) is 3.33. The van der Waals surface area contributed by atoms with E-state index >= 15 is 0 Å². The van der Waals surface area contributed by atoms with Gasteiger partial charge in [0.2, 0.25) is 0 Å². The van der Waals surface area contributed by atoms with Crippen LogP contribution in [0.3, 0.4) is 0 Å². The zero-order chi connectivity index (χ0) is 19.5. The maximum atomic E-state index is 11.2. The van der Waals surface area contributed by atoms with Crippen LogP contribution in [0.5, 0.6) is 0 Å². The SMILES string of the molecule is CC(O)(C=O)c1ccccc1.O=CC1(O)c2ccccc2-c2ccccc21. The summed E-state index contributed by atoms with van der Waals surface area (Å²) < 4.78 is 0. The summed E-state index contributed by atoms with van der Waals surface area (Å²) >= 11 is 0. The summed E-state index contributed by atoms with van der Waals surface area (Å²) in [5.41, 5.74) is 1.02. The molecule has 1 aliphatic rings. The number of fused-ring (bicyclic) bond motifs is 3. The van der Waals surface area contributed by atoms with Gasteiger partial charge in [-0.15, -0.1) is 0 Å². The molecule has 0 bridgehead atoms. The molecule has 0 heterocycles. The molecule has 4 rings (SSSR count). The summed E-state index contributed by atoms with van der Waals surface area (Å²) in [7, 11) is 0. The Labute approximate surface area is 157 Å². The molecule has 3 aromatic rings. The second-order valence-corrected chi connectivity index (χ2v) is 6.61. The average Bonchev–Trinajstić information content (AvgIpc) is 2.99. The van der Waals surface area contributed by atoms with Gasteiger partial charge >= 0.3 is 0 Å². The largest absolute Gasteiger partial charge is 0.378 e. The van der Waals surface area contributed by atoms with Crippen LogP contribution in [-0.2, 0) is 20.8 Å². The molecule has 4 heteroatoms. The number of aldehydes is 2. The lowest BCUT2D eigenvalue weighted by molar-refractivity contribution is -0.123. The van der Waals surface area contributed by atoms with Crippen LogP contribution in [0.2, 0.25) is 0 Å². The molecular formula is C23H20O4. The van der Waals surface area contributed by atoms with Crippen molar-refractivity contribution in [3.05, 3.63) is 95.6 Å². The molecule has 0 saturated carbocycles. The van der Waals surface area contributed by atoms with Crippen LogP contribution in [-0.4, -0.2) is 22.8 Å². The molecule has 0 spiro atoms. The van der Waals surface area contributed by atoms with Crippen molar-refractivity contribution in [1.29, 1.82) is 0 Å². The second kappa shape index (κ2) is 7.27. The molecule has 1 aliphatic carbocycles. The number of hydrogen-bond acceptors (Lipinski definition) is 4.